The Hall–Kier alpha value is -3.36. The number of rotatable bonds is 7. The summed E-state index contributed by atoms with van der Waals surface area (Å²) in [5.41, 5.74) is 1.03. The molecular weight excluding hydrogens is 554 g/mol. The van der Waals surface area contributed by atoms with Crippen LogP contribution in [0.2, 0.25) is 5.02 Å². The van der Waals surface area contributed by atoms with Crippen molar-refractivity contribution in [2.75, 3.05) is 12.4 Å². The molecule has 1 saturated carbocycles. The molecule has 0 radical (unpaired) electrons. The highest BCUT2D eigenvalue weighted by Crippen LogP contribution is 2.55. The quantitative estimate of drug-likeness (QED) is 0.447. The SMILES string of the molecule is COc1cccc(CN2C(=O)[C@@H]3C(C(=O)Nc4ccc(C)c(Cl)c4)[C@@H]4C=CC3(O4)C2C(=O)NC2CCCC(C)C2C)c1. The number of nitrogens with one attached hydrogen (secondary N) is 2. The summed E-state index contributed by atoms with van der Waals surface area (Å²) in [4.78, 5) is 43.9. The number of methoxy groups -OCH3 is 1. The number of ether oxygens (including phenoxy) is 2. The first-order chi connectivity index (χ1) is 20.1. The maximum absolute atomic E-state index is 14.3. The second kappa shape index (κ2) is 11.0. The number of aryl methyl sites for hydroxylation is 1. The molecule has 2 bridgehead atoms. The lowest BCUT2D eigenvalue weighted by molar-refractivity contribution is -0.142. The normalized spacial score (nSPS) is 33.0. The molecule has 8 atom stereocenters. The van der Waals surface area contributed by atoms with E-state index >= 15 is 0 Å². The summed E-state index contributed by atoms with van der Waals surface area (Å²) in [6, 6.07) is 11.9. The summed E-state index contributed by atoms with van der Waals surface area (Å²) in [7, 11) is 1.59. The van der Waals surface area contributed by atoms with Crippen LogP contribution >= 0.6 is 11.6 Å². The molecule has 3 fully saturated rings. The molecule has 4 aliphatic rings. The predicted molar refractivity (Wildman–Crippen MR) is 160 cm³/mol. The lowest BCUT2D eigenvalue weighted by Crippen LogP contribution is -2.57. The molecular formula is C33H38ClN3O5. The van der Waals surface area contributed by atoms with Gasteiger partial charge in [-0.15, -0.1) is 0 Å². The lowest BCUT2D eigenvalue weighted by Gasteiger charge is -2.38. The third kappa shape index (κ3) is 4.78. The molecule has 8 nitrogen and oxygen atoms in total. The molecule has 2 aromatic rings. The Morgan fingerprint density at radius 2 is 1.95 bits per heavy atom. The number of carbonyl (C=O) groups excluding carboxylic acids is 3. The molecule has 3 amide bonds. The van der Waals surface area contributed by atoms with Gasteiger partial charge in [-0.25, -0.2) is 0 Å². The molecule has 42 heavy (non-hydrogen) atoms. The Morgan fingerprint density at radius 1 is 1.14 bits per heavy atom. The van der Waals surface area contributed by atoms with Gasteiger partial charge >= 0.3 is 0 Å². The molecule has 222 valence electrons. The van der Waals surface area contributed by atoms with E-state index in [9.17, 15) is 14.4 Å². The molecule has 1 aliphatic carbocycles. The van der Waals surface area contributed by atoms with Crippen molar-refractivity contribution in [3.05, 3.63) is 70.8 Å². The van der Waals surface area contributed by atoms with Crippen molar-refractivity contribution in [3.63, 3.8) is 0 Å². The Kier molecular flexibility index (Phi) is 7.56. The van der Waals surface area contributed by atoms with Gasteiger partial charge in [-0.3, -0.25) is 14.4 Å². The molecule has 2 N–H and O–H groups in total. The number of amides is 3. The van der Waals surface area contributed by atoms with E-state index in [0.717, 1.165) is 30.4 Å². The van der Waals surface area contributed by atoms with Gasteiger partial charge in [0.25, 0.3) is 0 Å². The van der Waals surface area contributed by atoms with Gasteiger partial charge in [0.05, 0.1) is 25.0 Å². The van der Waals surface area contributed by atoms with Crippen molar-refractivity contribution in [2.45, 2.75) is 70.4 Å². The average molecular weight is 592 g/mol. The van der Waals surface area contributed by atoms with Crippen molar-refractivity contribution in [1.82, 2.24) is 10.2 Å². The Bertz CT molecular complexity index is 1440. The second-order valence-corrected chi connectivity index (χ2v) is 12.8. The third-order valence-electron chi connectivity index (χ3n) is 9.89. The van der Waals surface area contributed by atoms with Crippen molar-refractivity contribution < 1.29 is 23.9 Å². The van der Waals surface area contributed by atoms with Crippen molar-refractivity contribution in [1.29, 1.82) is 0 Å². The number of fused-ring (bicyclic) bond motifs is 1. The van der Waals surface area contributed by atoms with Crippen molar-refractivity contribution in [3.8, 4) is 5.75 Å². The van der Waals surface area contributed by atoms with Gasteiger partial charge in [0, 0.05) is 23.3 Å². The molecule has 9 heteroatoms. The highest BCUT2D eigenvalue weighted by molar-refractivity contribution is 6.31. The van der Waals surface area contributed by atoms with Gasteiger partial charge in [-0.05, 0) is 60.6 Å². The number of hydrogen-bond acceptors (Lipinski definition) is 5. The minimum Gasteiger partial charge on any atom is -0.497 e. The summed E-state index contributed by atoms with van der Waals surface area (Å²) < 4.78 is 11.9. The van der Waals surface area contributed by atoms with Crippen LogP contribution in [0.5, 0.6) is 5.75 Å². The Labute approximate surface area is 251 Å². The number of carbonyl (C=O) groups is 3. The van der Waals surface area contributed by atoms with E-state index in [0.29, 0.717) is 28.3 Å². The minimum absolute atomic E-state index is 0.0124. The van der Waals surface area contributed by atoms with Gasteiger partial charge in [-0.2, -0.15) is 0 Å². The number of halogens is 1. The van der Waals surface area contributed by atoms with Crippen LogP contribution in [0.1, 0.15) is 44.2 Å². The summed E-state index contributed by atoms with van der Waals surface area (Å²) in [6.45, 7) is 6.48. The van der Waals surface area contributed by atoms with E-state index in [4.69, 9.17) is 21.1 Å². The van der Waals surface area contributed by atoms with Crippen LogP contribution in [-0.4, -0.2) is 53.5 Å². The molecule has 2 saturated heterocycles. The largest absolute Gasteiger partial charge is 0.497 e. The monoisotopic (exact) mass is 591 g/mol. The van der Waals surface area contributed by atoms with Gasteiger partial charge in [0.1, 0.15) is 17.4 Å². The second-order valence-electron chi connectivity index (χ2n) is 12.4. The maximum atomic E-state index is 14.3. The first-order valence-electron chi connectivity index (χ1n) is 14.8. The fraction of sp³-hybridized carbons (Fsp3) is 0.485. The highest BCUT2D eigenvalue weighted by atomic mass is 35.5. The smallest absolute Gasteiger partial charge is 0.246 e. The van der Waals surface area contributed by atoms with Crippen molar-refractivity contribution >= 4 is 35.0 Å². The number of benzene rings is 2. The van der Waals surface area contributed by atoms with E-state index in [1.54, 1.807) is 24.1 Å². The minimum atomic E-state index is -1.23. The van der Waals surface area contributed by atoms with Crippen LogP contribution < -0.4 is 15.4 Å². The topological polar surface area (TPSA) is 97.0 Å². The first-order valence-corrected chi connectivity index (χ1v) is 15.2. The molecule has 1 spiro atoms. The lowest BCUT2D eigenvalue weighted by atomic mass is 9.73. The van der Waals surface area contributed by atoms with E-state index in [1.807, 2.05) is 49.4 Å². The van der Waals surface area contributed by atoms with E-state index in [1.165, 1.54) is 0 Å². The zero-order valence-electron chi connectivity index (χ0n) is 24.4. The fourth-order valence-corrected chi connectivity index (χ4v) is 7.53. The number of likely N-dealkylation sites (tertiary alicyclic amines) is 1. The molecule has 0 aromatic heterocycles. The predicted octanol–water partition coefficient (Wildman–Crippen LogP) is 4.89. The van der Waals surface area contributed by atoms with E-state index in [2.05, 4.69) is 24.5 Å². The number of nitrogens with zero attached hydrogens (tertiary/aromatic N) is 1. The third-order valence-corrected chi connectivity index (χ3v) is 10.3. The molecule has 3 heterocycles. The summed E-state index contributed by atoms with van der Waals surface area (Å²) in [6.07, 6.45) is 6.15. The van der Waals surface area contributed by atoms with Crippen LogP contribution in [0, 0.1) is 30.6 Å². The Balaban J connectivity index is 1.33. The van der Waals surface area contributed by atoms with Crippen LogP contribution in [0.25, 0.3) is 0 Å². The zero-order valence-corrected chi connectivity index (χ0v) is 25.2. The van der Waals surface area contributed by atoms with Crippen LogP contribution in [0.3, 0.4) is 0 Å². The molecule has 2 aromatic carbocycles. The highest BCUT2D eigenvalue weighted by Gasteiger charge is 2.72. The summed E-state index contributed by atoms with van der Waals surface area (Å²) in [5.74, 6) is -0.991. The van der Waals surface area contributed by atoms with E-state index < -0.39 is 29.6 Å². The fourth-order valence-electron chi connectivity index (χ4n) is 7.35. The first kappa shape index (κ1) is 28.7. The zero-order chi connectivity index (χ0) is 29.8. The standard InChI is InChI=1S/C33H38ClN3O5/c1-18-7-5-10-25(20(18)3)36-31(39)29-33-14-13-26(42-33)27(30(38)35-22-12-11-19(2)24(34)16-22)28(33)32(40)37(29)17-21-8-6-9-23(15-21)41-4/h6,8-9,11-16,18,20,25-29H,5,7,10,17H2,1-4H3,(H,35,38)(H,36,39)/t18?,20?,25?,26-,27?,28-,29?,33?/m0/s1. The molecule has 6 unspecified atom stereocenters. The van der Waals surface area contributed by atoms with Crippen LogP contribution in [0.15, 0.2) is 54.6 Å². The van der Waals surface area contributed by atoms with E-state index in [-0.39, 0.29) is 30.3 Å². The van der Waals surface area contributed by atoms with Gasteiger partial charge in [-0.1, -0.05) is 68.6 Å². The van der Waals surface area contributed by atoms with Crippen molar-refractivity contribution in [2.24, 2.45) is 23.7 Å². The average Bonchev–Trinajstić information content (AvgIpc) is 3.61. The van der Waals surface area contributed by atoms with Gasteiger partial charge in [0.15, 0.2) is 0 Å². The van der Waals surface area contributed by atoms with Crippen LogP contribution in [-0.2, 0) is 25.7 Å². The summed E-state index contributed by atoms with van der Waals surface area (Å²) >= 11 is 6.30. The Morgan fingerprint density at radius 3 is 2.71 bits per heavy atom. The van der Waals surface area contributed by atoms with Crippen LogP contribution in [0.4, 0.5) is 5.69 Å². The summed E-state index contributed by atoms with van der Waals surface area (Å²) in [5, 5.41) is 6.78. The van der Waals surface area contributed by atoms with Gasteiger partial charge in [0.2, 0.25) is 17.7 Å². The number of hydrogen-bond donors (Lipinski definition) is 2. The number of anilines is 1. The molecule has 3 aliphatic heterocycles. The van der Waals surface area contributed by atoms with Gasteiger partial charge < -0.3 is 25.0 Å². The maximum Gasteiger partial charge on any atom is 0.246 e. The molecule has 6 rings (SSSR count).